The van der Waals surface area contributed by atoms with Gasteiger partial charge in [0.25, 0.3) is 0 Å². The summed E-state index contributed by atoms with van der Waals surface area (Å²) < 4.78 is 50.0. The summed E-state index contributed by atoms with van der Waals surface area (Å²) in [7, 11) is 0. The Bertz CT molecular complexity index is 1180. The van der Waals surface area contributed by atoms with Crippen LogP contribution in [-0.4, -0.2) is 35.3 Å². The number of halogens is 3. The molecule has 0 N–H and O–H groups in total. The maximum absolute atomic E-state index is 12.9. The number of fused-ring (bicyclic) bond motifs is 1. The van der Waals surface area contributed by atoms with Gasteiger partial charge in [-0.05, 0) is 69.1 Å². The number of hydrogen-bond acceptors (Lipinski definition) is 6. The Labute approximate surface area is 206 Å². The van der Waals surface area contributed by atoms with E-state index in [4.69, 9.17) is 9.15 Å². The predicted octanol–water partition coefficient (Wildman–Crippen LogP) is 6.53. The molecule has 0 saturated carbocycles. The van der Waals surface area contributed by atoms with Crippen molar-refractivity contribution in [2.45, 2.75) is 56.1 Å². The molecule has 1 aromatic carbocycles. The second kappa shape index (κ2) is 11.9. The van der Waals surface area contributed by atoms with Crippen molar-refractivity contribution in [1.29, 1.82) is 0 Å². The number of aromatic nitrogens is 1. The lowest BCUT2D eigenvalue weighted by Gasteiger charge is -2.25. The Kier molecular flexibility index (Phi) is 8.73. The Hall–Kier alpha value is -2.52. The van der Waals surface area contributed by atoms with E-state index in [0.717, 1.165) is 60.5 Å². The number of pyridine rings is 1. The van der Waals surface area contributed by atoms with Gasteiger partial charge in [0.1, 0.15) is 12.0 Å². The third-order valence-electron chi connectivity index (χ3n) is 6.01. The van der Waals surface area contributed by atoms with Gasteiger partial charge in [0.05, 0.1) is 24.2 Å². The van der Waals surface area contributed by atoms with Crippen molar-refractivity contribution in [3.8, 4) is 5.75 Å². The Morgan fingerprint density at radius 1 is 1.06 bits per heavy atom. The van der Waals surface area contributed by atoms with E-state index in [2.05, 4.69) is 9.88 Å². The maximum Gasteiger partial charge on any atom is 0.416 e. The number of alkyl halides is 3. The van der Waals surface area contributed by atoms with Gasteiger partial charge in [0, 0.05) is 22.5 Å². The van der Waals surface area contributed by atoms with Crippen LogP contribution in [0.1, 0.15) is 49.8 Å². The number of rotatable bonds is 10. The fraction of sp³-hybridized carbons (Fsp3) is 0.462. The number of likely N-dealkylation sites (tertiary alicyclic amines) is 1. The fourth-order valence-corrected chi connectivity index (χ4v) is 5.19. The molecular weight excluding hydrogens is 477 g/mol. The molecule has 35 heavy (non-hydrogen) atoms. The normalized spacial score (nSPS) is 14.9. The van der Waals surface area contributed by atoms with Crippen LogP contribution in [0.2, 0.25) is 0 Å². The van der Waals surface area contributed by atoms with Crippen LogP contribution in [0.25, 0.3) is 10.9 Å². The highest BCUT2D eigenvalue weighted by molar-refractivity contribution is 7.99. The highest BCUT2D eigenvalue weighted by Gasteiger charge is 2.30. The molecule has 0 amide bonds. The first-order valence-electron chi connectivity index (χ1n) is 12.0. The average molecular weight is 507 g/mol. The lowest BCUT2D eigenvalue weighted by atomic mass is 10.1. The van der Waals surface area contributed by atoms with E-state index in [-0.39, 0.29) is 11.2 Å². The lowest BCUT2D eigenvalue weighted by Crippen LogP contribution is -2.29. The summed E-state index contributed by atoms with van der Waals surface area (Å²) >= 11 is 1.60. The lowest BCUT2D eigenvalue weighted by molar-refractivity contribution is -0.137. The molecule has 0 atom stereocenters. The summed E-state index contributed by atoms with van der Waals surface area (Å²) in [6, 6.07) is 7.04. The number of ether oxygens (including phenoxy) is 1. The molecule has 3 heterocycles. The van der Waals surface area contributed by atoms with E-state index in [9.17, 15) is 18.0 Å². The number of thioether (sulfide) groups is 1. The zero-order valence-corrected chi connectivity index (χ0v) is 20.3. The van der Waals surface area contributed by atoms with Crippen molar-refractivity contribution in [1.82, 2.24) is 9.88 Å². The van der Waals surface area contributed by atoms with Gasteiger partial charge in [0.15, 0.2) is 0 Å². The summed E-state index contributed by atoms with van der Waals surface area (Å²) in [5.41, 5.74) is -0.499. The Balaban J connectivity index is 1.18. The van der Waals surface area contributed by atoms with E-state index >= 15 is 0 Å². The summed E-state index contributed by atoms with van der Waals surface area (Å²) in [5.74, 6) is 1.73. The molecule has 3 aromatic rings. The monoisotopic (exact) mass is 506 g/mol. The van der Waals surface area contributed by atoms with Gasteiger partial charge >= 0.3 is 6.18 Å². The zero-order valence-electron chi connectivity index (χ0n) is 19.5. The van der Waals surface area contributed by atoms with Crippen molar-refractivity contribution >= 4 is 22.7 Å². The topological polar surface area (TPSA) is 55.6 Å². The standard InChI is InChI=1S/C26H29F3N2O3S/c27-26(28,29)19-7-8-21-22(15-19)30-10-9-25(21)35-14-6-2-5-13-33-24-18-34-20(16-23(24)32)17-31-11-3-1-4-12-31/h7-10,15-16,18H,1-6,11-14,17H2. The van der Waals surface area contributed by atoms with Gasteiger partial charge < -0.3 is 9.15 Å². The van der Waals surface area contributed by atoms with Crippen LogP contribution in [0, 0.1) is 0 Å². The van der Waals surface area contributed by atoms with Crippen LogP contribution < -0.4 is 10.2 Å². The van der Waals surface area contributed by atoms with Crippen LogP contribution in [0.15, 0.2) is 56.9 Å². The summed E-state index contributed by atoms with van der Waals surface area (Å²) in [6.07, 6.45) is 4.84. The van der Waals surface area contributed by atoms with Gasteiger partial charge in [-0.25, -0.2) is 0 Å². The highest BCUT2D eigenvalue weighted by atomic mass is 32.2. The average Bonchev–Trinajstić information content (AvgIpc) is 2.84. The minimum absolute atomic E-state index is 0.155. The molecule has 0 radical (unpaired) electrons. The Morgan fingerprint density at radius 2 is 1.89 bits per heavy atom. The minimum Gasteiger partial charge on any atom is -0.487 e. The number of unbranched alkanes of at least 4 members (excludes halogenated alkanes) is 2. The largest absolute Gasteiger partial charge is 0.487 e. The van der Waals surface area contributed by atoms with Crippen LogP contribution in [0.3, 0.4) is 0 Å². The van der Waals surface area contributed by atoms with Gasteiger partial charge in [-0.2, -0.15) is 13.2 Å². The van der Waals surface area contributed by atoms with E-state index < -0.39 is 11.7 Å². The SMILES string of the molecule is O=c1cc(CN2CCCCC2)occ1OCCCCCSc1ccnc2cc(C(F)(F)F)ccc12. The second-order valence-corrected chi connectivity index (χ2v) is 9.84. The quantitative estimate of drug-likeness (QED) is 0.230. The molecule has 0 spiro atoms. The molecule has 4 rings (SSSR count). The molecule has 1 fully saturated rings. The van der Waals surface area contributed by atoms with Gasteiger partial charge in [-0.15, -0.1) is 11.8 Å². The van der Waals surface area contributed by atoms with Gasteiger partial charge in [-0.3, -0.25) is 14.7 Å². The molecule has 0 unspecified atom stereocenters. The summed E-state index contributed by atoms with van der Waals surface area (Å²) in [4.78, 5) is 19.6. The molecule has 1 saturated heterocycles. The first-order chi connectivity index (χ1) is 16.9. The third kappa shape index (κ3) is 7.24. The molecule has 9 heteroatoms. The fourth-order valence-electron chi connectivity index (χ4n) is 4.13. The summed E-state index contributed by atoms with van der Waals surface area (Å²) in [5, 5.41) is 0.726. The first-order valence-corrected chi connectivity index (χ1v) is 12.9. The minimum atomic E-state index is -4.38. The third-order valence-corrected chi connectivity index (χ3v) is 7.17. The number of benzene rings is 1. The van der Waals surface area contributed by atoms with Crippen LogP contribution in [0.5, 0.6) is 5.75 Å². The van der Waals surface area contributed by atoms with E-state index in [1.54, 1.807) is 18.0 Å². The summed E-state index contributed by atoms with van der Waals surface area (Å²) in [6.45, 7) is 3.16. The number of nitrogens with zero attached hydrogens (tertiary/aromatic N) is 2. The van der Waals surface area contributed by atoms with Gasteiger partial charge in [-0.1, -0.05) is 12.5 Å². The Morgan fingerprint density at radius 3 is 2.66 bits per heavy atom. The molecule has 0 bridgehead atoms. The van der Waals surface area contributed by atoms with Gasteiger partial charge in [0.2, 0.25) is 11.2 Å². The van der Waals surface area contributed by atoms with Crippen molar-refractivity contribution in [3.63, 3.8) is 0 Å². The van der Waals surface area contributed by atoms with Crippen LogP contribution in [-0.2, 0) is 12.7 Å². The highest BCUT2D eigenvalue weighted by Crippen LogP contribution is 2.34. The smallest absolute Gasteiger partial charge is 0.416 e. The van der Waals surface area contributed by atoms with Crippen molar-refractivity contribution < 1.29 is 22.3 Å². The van der Waals surface area contributed by atoms with E-state index in [1.807, 2.05) is 6.07 Å². The molecular formula is C26H29F3N2O3S. The second-order valence-electron chi connectivity index (χ2n) is 8.71. The molecule has 1 aliphatic heterocycles. The number of hydrogen-bond donors (Lipinski definition) is 0. The van der Waals surface area contributed by atoms with Crippen LogP contribution >= 0.6 is 11.8 Å². The molecule has 0 aliphatic carbocycles. The molecule has 188 valence electrons. The molecule has 5 nitrogen and oxygen atoms in total. The molecule has 1 aliphatic rings. The first kappa shape index (κ1) is 25.6. The zero-order chi connectivity index (χ0) is 24.7. The predicted molar refractivity (Wildman–Crippen MR) is 131 cm³/mol. The molecule has 2 aromatic heterocycles. The number of piperidine rings is 1. The van der Waals surface area contributed by atoms with Crippen LogP contribution in [0.4, 0.5) is 13.2 Å². The van der Waals surface area contributed by atoms with Crippen molar-refractivity contribution in [2.24, 2.45) is 0 Å². The van der Waals surface area contributed by atoms with E-state index in [0.29, 0.717) is 24.4 Å². The maximum atomic E-state index is 12.9. The van der Waals surface area contributed by atoms with E-state index in [1.165, 1.54) is 37.7 Å². The van der Waals surface area contributed by atoms with Crippen molar-refractivity contribution in [3.05, 3.63) is 64.3 Å². The van der Waals surface area contributed by atoms with Crippen molar-refractivity contribution in [2.75, 3.05) is 25.4 Å².